The zero-order chi connectivity index (χ0) is 35.6. The van der Waals surface area contributed by atoms with E-state index in [-0.39, 0.29) is 6.42 Å². The van der Waals surface area contributed by atoms with Gasteiger partial charge in [-0.1, -0.05) is 54.6 Å². The van der Waals surface area contributed by atoms with E-state index < -0.39 is 71.5 Å². The number of aliphatic hydroxyl groups excluding tert-OH is 1. The van der Waals surface area contributed by atoms with Crippen molar-refractivity contribution in [3.8, 4) is 11.5 Å². The predicted molar refractivity (Wildman–Crippen MR) is 178 cm³/mol. The molecule has 4 aromatic rings. The van der Waals surface area contributed by atoms with E-state index in [0.717, 1.165) is 10.6 Å². The zero-order valence-corrected chi connectivity index (χ0v) is 27.9. The summed E-state index contributed by atoms with van der Waals surface area (Å²) in [6, 6.07) is 25.2. The van der Waals surface area contributed by atoms with Crippen molar-refractivity contribution in [3.63, 3.8) is 0 Å². The Morgan fingerprint density at radius 3 is 1.94 bits per heavy atom. The lowest BCUT2D eigenvalue weighted by Gasteiger charge is -2.47. The third-order valence-corrected chi connectivity index (χ3v) is 9.36. The predicted octanol–water partition coefficient (Wildman–Crippen LogP) is 3.07. The van der Waals surface area contributed by atoms with Gasteiger partial charge in [0.25, 0.3) is 5.56 Å². The highest BCUT2D eigenvalue weighted by molar-refractivity contribution is 5.67. The molecule has 2 aliphatic rings. The molecule has 0 radical (unpaired) electrons. The van der Waals surface area contributed by atoms with Crippen molar-refractivity contribution in [2.24, 2.45) is 5.92 Å². The molecule has 1 saturated heterocycles. The van der Waals surface area contributed by atoms with Crippen molar-refractivity contribution >= 4 is 11.9 Å². The monoisotopic (exact) mass is 686 g/mol. The molecule has 262 valence electrons. The Balaban J connectivity index is 1.55. The molecular formula is C37H38N2O11. The fourth-order valence-electron chi connectivity index (χ4n) is 7.15. The van der Waals surface area contributed by atoms with Crippen LogP contribution >= 0.6 is 0 Å². The molecule has 6 atom stereocenters. The Bertz CT molecular complexity index is 1890. The average Bonchev–Trinajstić information content (AvgIpc) is 3.30. The lowest BCUT2D eigenvalue weighted by atomic mass is 9.73. The maximum Gasteiger partial charge on any atom is 0.330 e. The molecule has 6 rings (SSSR count). The third-order valence-electron chi connectivity index (χ3n) is 9.36. The topological polar surface area (TPSA) is 165 Å². The molecule has 3 aromatic carbocycles. The van der Waals surface area contributed by atoms with Crippen LogP contribution in [0.2, 0.25) is 0 Å². The van der Waals surface area contributed by atoms with E-state index in [1.165, 1.54) is 20.0 Å². The number of carbonyl (C=O) groups is 2. The first-order valence-corrected chi connectivity index (χ1v) is 16.0. The second kappa shape index (κ2) is 13.9. The lowest BCUT2D eigenvalue weighted by Crippen LogP contribution is -2.65. The van der Waals surface area contributed by atoms with Crippen LogP contribution < -0.4 is 20.7 Å². The summed E-state index contributed by atoms with van der Waals surface area (Å²) in [7, 11) is 3.13. The number of nitrogens with one attached hydrogen (secondary N) is 1. The number of aromatic amines is 1. The minimum atomic E-state index is -1.88. The van der Waals surface area contributed by atoms with Crippen LogP contribution in [-0.2, 0) is 34.1 Å². The van der Waals surface area contributed by atoms with E-state index in [9.17, 15) is 24.3 Å². The van der Waals surface area contributed by atoms with Gasteiger partial charge in [0.2, 0.25) is 0 Å². The molecule has 0 spiro atoms. The molecule has 13 nitrogen and oxygen atoms in total. The number of esters is 2. The van der Waals surface area contributed by atoms with Gasteiger partial charge >= 0.3 is 17.6 Å². The van der Waals surface area contributed by atoms with Crippen LogP contribution in [0.15, 0.2) is 101 Å². The van der Waals surface area contributed by atoms with E-state index in [2.05, 4.69) is 4.98 Å². The number of hydrogen-bond acceptors (Lipinski definition) is 11. The van der Waals surface area contributed by atoms with E-state index in [1.54, 1.807) is 38.5 Å². The number of rotatable bonds is 11. The van der Waals surface area contributed by atoms with E-state index in [4.69, 9.17) is 28.4 Å². The highest BCUT2D eigenvalue weighted by atomic mass is 16.6. The quantitative estimate of drug-likeness (QED) is 0.176. The number of aromatic nitrogens is 2. The fourth-order valence-corrected chi connectivity index (χ4v) is 7.15. The standard InChI is InChI=1S/C37H38N2O11/c1-22(40)48-30-20-29-32(43)36(33(30)49-23(2)41,50-34(29)39-19-18-31(42)38-35(39)44)21-47-37(24-8-6-5-7-9-24,25-10-14-27(45-3)15-11-25)26-12-16-28(46-4)17-13-26/h5-19,29-30,32-34,43H,20-21H2,1-4H3,(H,38,42,44)/t29-,30+,32+,33+,34-,36-/m1/s1. The van der Waals surface area contributed by atoms with Gasteiger partial charge < -0.3 is 33.5 Å². The number of benzene rings is 3. The fraction of sp³-hybridized carbons (Fsp3) is 0.351. The van der Waals surface area contributed by atoms with Crippen LogP contribution in [0, 0.1) is 5.92 Å². The Kier molecular flexibility index (Phi) is 9.65. The molecule has 1 aromatic heterocycles. The molecule has 13 heteroatoms. The first kappa shape index (κ1) is 34.6. The molecule has 1 aliphatic carbocycles. The summed E-state index contributed by atoms with van der Waals surface area (Å²) in [6.45, 7) is 1.99. The highest BCUT2D eigenvalue weighted by Gasteiger charge is 2.68. The molecule has 1 saturated carbocycles. The maximum atomic E-state index is 13.0. The SMILES string of the molecule is COc1ccc(C(OC[C@]23O[C@@H](n4ccc(=O)[nH]c4=O)[C@H](C[C@H](OC(C)=O)[C@@H]2OC(C)=O)[C@@H]3O)(c2ccccc2)c2ccc(OC)cc2)cc1. The van der Waals surface area contributed by atoms with Gasteiger partial charge in [0.05, 0.1) is 26.9 Å². The number of hydrogen-bond donors (Lipinski definition) is 2. The van der Waals surface area contributed by atoms with Crippen molar-refractivity contribution in [3.05, 3.63) is 129 Å². The molecular weight excluding hydrogens is 648 g/mol. The summed E-state index contributed by atoms with van der Waals surface area (Å²) in [6.07, 6.45) is -3.77. The molecule has 50 heavy (non-hydrogen) atoms. The molecule has 2 heterocycles. The number of methoxy groups -OCH3 is 2. The van der Waals surface area contributed by atoms with Crippen LogP contribution in [0.4, 0.5) is 0 Å². The Labute approximate surface area is 287 Å². The summed E-state index contributed by atoms with van der Waals surface area (Å²) >= 11 is 0. The van der Waals surface area contributed by atoms with Crippen LogP contribution in [0.25, 0.3) is 0 Å². The molecule has 0 amide bonds. The van der Waals surface area contributed by atoms with Crippen LogP contribution in [0.1, 0.15) is 43.2 Å². The molecule has 2 bridgehead atoms. The van der Waals surface area contributed by atoms with Crippen molar-refractivity contribution in [2.45, 2.75) is 56.0 Å². The van der Waals surface area contributed by atoms with E-state index in [1.807, 2.05) is 54.6 Å². The minimum absolute atomic E-state index is 0.0303. The van der Waals surface area contributed by atoms with Gasteiger partial charge in [-0.3, -0.25) is 23.9 Å². The van der Waals surface area contributed by atoms with Crippen molar-refractivity contribution in [2.75, 3.05) is 20.8 Å². The largest absolute Gasteiger partial charge is 0.497 e. The van der Waals surface area contributed by atoms with Crippen LogP contribution in [-0.4, -0.2) is 71.3 Å². The van der Waals surface area contributed by atoms with Crippen molar-refractivity contribution in [1.29, 1.82) is 0 Å². The number of nitrogens with zero attached hydrogens (tertiary/aromatic N) is 1. The van der Waals surface area contributed by atoms with Gasteiger partial charge in [-0.05, 0) is 47.4 Å². The van der Waals surface area contributed by atoms with Crippen molar-refractivity contribution < 1.29 is 43.1 Å². The maximum absolute atomic E-state index is 13.0. The van der Waals surface area contributed by atoms with Gasteiger partial charge in [-0.15, -0.1) is 0 Å². The van der Waals surface area contributed by atoms with Crippen LogP contribution in [0.5, 0.6) is 11.5 Å². The zero-order valence-electron chi connectivity index (χ0n) is 27.9. The summed E-state index contributed by atoms with van der Waals surface area (Å²) < 4.78 is 37.3. The second-order valence-electron chi connectivity index (χ2n) is 12.3. The Hall–Kier alpha value is -5.24. The number of H-pyrrole nitrogens is 1. The molecule has 0 unspecified atom stereocenters. The third kappa shape index (κ3) is 6.19. The highest BCUT2D eigenvalue weighted by Crippen LogP contribution is 2.53. The molecule has 2 fully saturated rings. The Morgan fingerprint density at radius 1 is 0.860 bits per heavy atom. The summed E-state index contributed by atoms with van der Waals surface area (Å²) in [5, 5.41) is 12.2. The van der Waals surface area contributed by atoms with E-state index >= 15 is 0 Å². The van der Waals surface area contributed by atoms with Crippen molar-refractivity contribution in [1.82, 2.24) is 9.55 Å². The average molecular weight is 687 g/mol. The first-order valence-electron chi connectivity index (χ1n) is 16.0. The Morgan fingerprint density at radius 2 is 1.42 bits per heavy atom. The summed E-state index contributed by atoms with van der Waals surface area (Å²) in [5.41, 5.74) is -2.59. The number of carbonyl (C=O) groups excluding carboxylic acids is 2. The summed E-state index contributed by atoms with van der Waals surface area (Å²) in [5.74, 6) is -0.993. The van der Waals surface area contributed by atoms with Crippen LogP contribution in [0.3, 0.4) is 0 Å². The molecule has 2 N–H and O–H groups in total. The van der Waals surface area contributed by atoms with Gasteiger partial charge in [-0.2, -0.15) is 0 Å². The second-order valence-corrected chi connectivity index (χ2v) is 12.3. The number of ether oxygens (including phenoxy) is 6. The normalized spacial score (nSPS) is 24.3. The lowest BCUT2D eigenvalue weighted by molar-refractivity contribution is -0.241. The van der Waals surface area contributed by atoms with E-state index in [0.29, 0.717) is 28.2 Å². The van der Waals surface area contributed by atoms with Gasteiger partial charge in [0.15, 0.2) is 11.7 Å². The first-order chi connectivity index (χ1) is 24.0. The minimum Gasteiger partial charge on any atom is -0.497 e. The molecule has 1 aliphatic heterocycles. The van der Waals surface area contributed by atoms with Gasteiger partial charge in [0, 0.05) is 32.0 Å². The number of fused-ring (bicyclic) bond motifs is 2. The summed E-state index contributed by atoms with van der Waals surface area (Å²) in [4.78, 5) is 52.2. The van der Waals surface area contributed by atoms with Gasteiger partial charge in [0.1, 0.15) is 29.4 Å². The van der Waals surface area contributed by atoms with Gasteiger partial charge in [-0.25, -0.2) is 4.79 Å². The smallest absolute Gasteiger partial charge is 0.330 e. The number of aliphatic hydroxyl groups is 1.